The summed E-state index contributed by atoms with van der Waals surface area (Å²) < 4.78 is 16.5. The number of carbonyl (C=O) groups is 3. The second-order valence-electron chi connectivity index (χ2n) is 13.5. The number of hydrogen-bond donors (Lipinski definition) is 0. The Bertz CT molecular complexity index is 902. The Balaban J connectivity index is 4.33. The average Bonchev–Trinajstić information content (AvgIpc) is 3.11. The second kappa shape index (κ2) is 39.2. The summed E-state index contributed by atoms with van der Waals surface area (Å²) >= 11 is 0. The van der Waals surface area contributed by atoms with E-state index < -0.39 is 6.10 Å². The molecule has 0 saturated heterocycles. The molecule has 0 saturated carbocycles. The maximum atomic E-state index is 12.6. The smallest absolute Gasteiger partial charge is 0.306 e. The molecule has 0 N–H and O–H groups in total. The molecule has 0 radical (unpaired) electrons. The highest BCUT2D eigenvalue weighted by Crippen LogP contribution is 2.12. The quantitative estimate of drug-likeness (QED) is 0.0280. The average molecular weight is 701 g/mol. The monoisotopic (exact) mass is 701 g/mol. The highest BCUT2D eigenvalue weighted by atomic mass is 16.6. The van der Waals surface area contributed by atoms with Gasteiger partial charge >= 0.3 is 17.9 Å². The molecule has 0 spiro atoms. The van der Waals surface area contributed by atoms with E-state index in [2.05, 4.69) is 69.4 Å². The Labute approximate surface area is 307 Å². The maximum Gasteiger partial charge on any atom is 0.306 e. The van der Waals surface area contributed by atoms with Crippen LogP contribution in [-0.2, 0) is 28.6 Å². The lowest BCUT2D eigenvalue weighted by Crippen LogP contribution is -2.30. The van der Waals surface area contributed by atoms with Gasteiger partial charge in [0, 0.05) is 19.3 Å². The lowest BCUT2D eigenvalue weighted by molar-refractivity contribution is -0.167. The molecule has 0 aromatic rings. The van der Waals surface area contributed by atoms with Gasteiger partial charge in [-0.05, 0) is 77.0 Å². The van der Waals surface area contributed by atoms with Crippen LogP contribution in [0, 0.1) is 0 Å². The van der Waals surface area contributed by atoms with Gasteiger partial charge in [0.1, 0.15) is 13.2 Å². The zero-order chi connectivity index (χ0) is 36.6. The van der Waals surface area contributed by atoms with Crippen molar-refractivity contribution >= 4 is 17.9 Å². The molecule has 0 aromatic carbocycles. The molecular weight excluding hydrogens is 624 g/mol. The molecule has 0 amide bonds. The van der Waals surface area contributed by atoms with Crippen LogP contribution < -0.4 is 0 Å². The number of carbonyl (C=O) groups excluding carboxylic acids is 3. The molecule has 6 heteroatoms. The lowest BCUT2D eigenvalue weighted by Gasteiger charge is -2.18. The minimum atomic E-state index is -0.784. The van der Waals surface area contributed by atoms with Crippen molar-refractivity contribution in [3.05, 3.63) is 48.6 Å². The molecule has 0 aromatic heterocycles. The zero-order valence-electron chi connectivity index (χ0n) is 32.7. The summed E-state index contributed by atoms with van der Waals surface area (Å²) in [6.45, 7) is 6.37. The first-order chi connectivity index (χ1) is 24.5. The van der Waals surface area contributed by atoms with E-state index in [0.717, 1.165) is 96.3 Å². The summed E-state index contributed by atoms with van der Waals surface area (Å²) in [4.78, 5) is 37.3. The van der Waals surface area contributed by atoms with Crippen LogP contribution >= 0.6 is 0 Å². The number of hydrogen-bond acceptors (Lipinski definition) is 6. The zero-order valence-corrected chi connectivity index (χ0v) is 32.7. The number of ether oxygens (including phenoxy) is 3. The molecule has 50 heavy (non-hydrogen) atoms. The van der Waals surface area contributed by atoms with E-state index in [1.807, 2.05) is 0 Å². The van der Waals surface area contributed by atoms with Crippen molar-refractivity contribution in [2.45, 2.75) is 200 Å². The minimum Gasteiger partial charge on any atom is -0.462 e. The fraction of sp³-hybridized carbons (Fsp3) is 0.750. The number of rotatable bonds is 36. The van der Waals surface area contributed by atoms with Gasteiger partial charge in [0.15, 0.2) is 6.10 Å². The van der Waals surface area contributed by atoms with Gasteiger partial charge in [-0.15, -0.1) is 0 Å². The van der Waals surface area contributed by atoms with E-state index in [1.165, 1.54) is 57.8 Å². The molecule has 1 unspecified atom stereocenters. The van der Waals surface area contributed by atoms with Gasteiger partial charge in [-0.25, -0.2) is 0 Å². The van der Waals surface area contributed by atoms with Crippen LogP contribution in [0.15, 0.2) is 48.6 Å². The van der Waals surface area contributed by atoms with Crippen molar-refractivity contribution in [1.82, 2.24) is 0 Å². The minimum absolute atomic E-state index is 0.0890. The summed E-state index contributed by atoms with van der Waals surface area (Å²) in [5.41, 5.74) is 0. The number of unbranched alkanes of at least 4 members (excludes halogenated alkanes) is 17. The van der Waals surface area contributed by atoms with Gasteiger partial charge in [-0.2, -0.15) is 0 Å². The van der Waals surface area contributed by atoms with Crippen LogP contribution in [0.5, 0.6) is 0 Å². The lowest BCUT2D eigenvalue weighted by atomic mass is 10.1. The Morgan fingerprint density at radius 1 is 0.420 bits per heavy atom. The third-order valence-electron chi connectivity index (χ3n) is 8.57. The van der Waals surface area contributed by atoms with Crippen LogP contribution in [-0.4, -0.2) is 37.2 Å². The van der Waals surface area contributed by atoms with E-state index in [1.54, 1.807) is 0 Å². The molecule has 0 aliphatic carbocycles. The first-order valence-corrected chi connectivity index (χ1v) is 20.6. The summed E-state index contributed by atoms with van der Waals surface area (Å²) in [5.74, 6) is -0.947. The summed E-state index contributed by atoms with van der Waals surface area (Å²) in [7, 11) is 0. The Morgan fingerprint density at radius 2 is 0.780 bits per heavy atom. The van der Waals surface area contributed by atoms with Crippen molar-refractivity contribution in [2.75, 3.05) is 13.2 Å². The third kappa shape index (κ3) is 36.6. The van der Waals surface area contributed by atoms with E-state index in [0.29, 0.717) is 19.3 Å². The van der Waals surface area contributed by atoms with Crippen LogP contribution in [0.4, 0.5) is 0 Å². The maximum absolute atomic E-state index is 12.6. The van der Waals surface area contributed by atoms with Crippen molar-refractivity contribution in [3.8, 4) is 0 Å². The van der Waals surface area contributed by atoms with Gasteiger partial charge in [0.25, 0.3) is 0 Å². The topological polar surface area (TPSA) is 78.9 Å². The SMILES string of the molecule is CC/C=C\C/C=C\C/C=C\CCCCCC(=O)OC(COC(=O)CCCCCCC)COC(=O)CCCCCCC/C=C\CCCCCCC. The van der Waals surface area contributed by atoms with E-state index in [-0.39, 0.29) is 31.1 Å². The first kappa shape index (κ1) is 47.4. The highest BCUT2D eigenvalue weighted by molar-refractivity contribution is 5.71. The van der Waals surface area contributed by atoms with E-state index in [9.17, 15) is 14.4 Å². The highest BCUT2D eigenvalue weighted by Gasteiger charge is 2.19. The van der Waals surface area contributed by atoms with Crippen molar-refractivity contribution in [3.63, 3.8) is 0 Å². The van der Waals surface area contributed by atoms with Crippen LogP contribution in [0.2, 0.25) is 0 Å². The molecule has 0 rings (SSSR count). The molecular formula is C44H76O6. The van der Waals surface area contributed by atoms with Crippen molar-refractivity contribution in [1.29, 1.82) is 0 Å². The molecule has 1 atom stereocenters. The van der Waals surface area contributed by atoms with Gasteiger partial charge in [-0.1, -0.05) is 146 Å². The predicted molar refractivity (Wildman–Crippen MR) is 210 cm³/mol. The fourth-order valence-corrected chi connectivity index (χ4v) is 5.45. The predicted octanol–water partition coefficient (Wildman–Crippen LogP) is 12.8. The molecule has 0 aliphatic heterocycles. The van der Waals surface area contributed by atoms with E-state index >= 15 is 0 Å². The molecule has 288 valence electrons. The standard InChI is InChI=1S/C44H76O6/c1-4-7-10-13-15-17-19-21-23-24-26-28-31-34-37-43(46)49-40-41(39-48-42(45)36-33-30-12-9-6-3)50-44(47)38-35-32-29-27-25-22-20-18-16-14-11-8-5-2/h8,11,16,18-19,21-22,25,41H,4-7,9-10,12-15,17,20,23-24,26-40H2,1-3H3/b11-8-,18-16-,21-19-,25-22-. The summed E-state index contributed by atoms with van der Waals surface area (Å²) in [5, 5.41) is 0. The molecule has 0 heterocycles. The number of esters is 3. The molecule has 6 nitrogen and oxygen atoms in total. The second-order valence-corrected chi connectivity index (χ2v) is 13.5. The Hall–Kier alpha value is -2.63. The van der Waals surface area contributed by atoms with Gasteiger partial charge < -0.3 is 14.2 Å². The van der Waals surface area contributed by atoms with Gasteiger partial charge in [-0.3, -0.25) is 14.4 Å². The Morgan fingerprint density at radius 3 is 1.26 bits per heavy atom. The van der Waals surface area contributed by atoms with Crippen LogP contribution in [0.1, 0.15) is 194 Å². The normalized spacial score (nSPS) is 12.5. The van der Waals surface area contributed by atoms with Gasteiger partial charge in [0.2, 0.25) is 0 Å². The molecule has 0 fully saturated rings. The van der Waals surface area contributed by atoms with Crippen molar-refractivity contribution in [2.24, 2.45) is 0 Å². The van der Waals surface area contributed by atoms with Crippen molar-refractivity contribution < 1.29 is 28.6 Å². The van der Waals surface area contributed by atoms with Crippen LogP contribution in [0.25, 0.3) is 0 Å². The van der Waals surface area contributed by atoms with E-state index in [4.69, 9.17) is 14.2 Å². The fourth-order valence-electron chi connectivity index (χ4n) is 5.45. The Kier molecular flexibility index (Phi) is 37.1. The first-order valence-electron chi connectivity index (χ1n) is 20.6. The van der Waals surface area contributed by atoms with Crippen LogP contribution in [0.3, 0.4) is 0 Å². The summed E-state index contributed by atoms with van der Waals surface area (Å²) in [6, 6.07) is 0. The largest absolute Gasteiger partial charge is 0.462 e. The summed E-state index contributed by atoms with van der Waals surface area (Å²) in [6.07, 6.45) is 44.1. The van der Waals surface area contributed by atoms with Gasteiger partial charge in [0.05, 0.1) is 0 Å². The molecule has 0 bridgehead atoms. The molecule has 0 aliphatic rings. The third-order valence-corrected chi connectivity index (χ3v) is 8.57. The number of allylic oxidation sites excluding steroid dienone is 8.